The van der Waals surface area contributed by atoms with E-state index in [9.17, 15) is 9.59 Å². The van der Waals surface area contributed by atoms with E-state index in [0.717, 1.165) is 36.9 Å². The van der Waals surface area contributed by atoms with Gasteiger partial charge >= 0.3 is 6.03 Å². The van der Waals surface area contributed by atoms with Crippen LogP contribution in [0, 0.1) is 12.8 Å². The summed E-state index contributed by atoms with van der Waals surface area (Å²) in [6.45, 7) is 3.01. The van der Waals surface area contributed by atoms with Crippen molar-refractivity contribution in [2.24, 2.45) is 5.92 Å². The summed E-state index contributed by atoms with van der Waals surface area (Å²) in [5.41, 5.74) is 2.48. The summed E-state index contributed by atoms with van der Waals surface area (Å²) >= 11 is 5.87. The van der Waals surface area contributed by atoms with Crippen LogP contribution in [0.5, 0.6) is 0 Å². The number of nitrogens with zero attached hydrogens (tertiary/aromatic N) is 1. The number of aromatic nitrogens is 1. The van der Waals surface area contributed by atoms with Crippen molar-refractivity contribution >= 4 is 23.5 Å². The second-order valence-electron chi connectivity index (χ2n) is 7.57. The predicted octanol–water partition coefficient (Wildman–Crippen LogP) is 3.83. The Kier molecular flexibility index (Phi) is 7.47. The lowest BCUT2D eigenvalue weighted by molar-refractivity contribution is 0.0942. The van der Waals surface area contributed by atoms with Crippen molar-refractivity contribution in [2.45, 2.75) is 45.2 Å². The minimum atomic E-state index is -0.148. The number of pyridine rings is 1. The molecule has 3 amide bonds. The number of rotatable bonds is 6. The lowest BCUT2D eigenvalue weighted by Gasteiger charge is -2.29. The molecule has 0 atom stereocenters. The Morgan fingerprint density at radius 1 is 1.07 bits per heavy atom. The van der Waals surface area contributed by atoms with E-state index in [1.54, 1.807) is 18.3 Å². The highest BCUT2D eigenvalue weighted by molar-refractivity contribution is 6.30. The number of nitrogens with one attached hydrogen (secondary N) is 3. The van der Waals surface area contributed by atoms with Crippen molar-refractivity contribution < 1.29 is 9.59 Å². The molecule has 0 saturated heterocycles. The van der Waals surface area contributed by atoms with Crippen molar-refractivity contribution in [3.8, 4) is 0 Å². The largest absolute Gasteiger partial charge is 0.352 e. The SMILES string of the molecule is Cc1cc(C(=O)NCC2CCC(NC(=O)NCc3ccc(Cl)cc3)CC2)ccn1. The number of halogens is 1. The quantitative estimate of drug-likeness (QED) is 0.671. The molecule has 3 N–H and O–H groups in total. The number of hydrogen-bond acceptors (Lipinski definition) is 3. The van der Waals surface area contributed by atoms with Crippen molar-refractivity contribution in [1.82, 2.24) is 20.9 Å². The molecule has 1 fully saturated rings. The highest BCUT2D eigenvalue weighted by Crippen LogP contribution is 2.23. The molecule has 0 radical (unpaired) electrons. The predicted molar refractivity (Wildman–Crippen MR) is 114 cm³/mol. The van der Waals surface area contributed by atoms with E-state index in [4.69, 9.17) is 11.6 Å². The summed E-state index contributed by atoms with van der Waals surface area (Å²) in [6.07, 6.45) is 5.46. The van der Waals surface area contributed by atoms with Crippen LogP contribution in [0.4, 0.5) is 4.79 Å². The smallest absolute Gasteiger partial charge is 0.315 e. The van der Waals surface area contributed by atoms with Crippen LogP contribution < -0.4 is 16.0 Å². The van der Waals surface area contributed by atoms with E-state index in [1.165, 1.54) is 0 Å². The molecule has 1 aromatic carbocycles. The van der Waals surface area contributed by atoms with Gasteiger partial charge in [0.2, 0.25) is 0 Å². The van der Waals surface area contributed by atoms with Gasteiger partial charge in [0.25, 0.3) is 5.91 Å². The first-order valence-electron chi connectivity index (χ1n) is 9.99. The van der Waals surface area contributed by atoms with Crippen molar-refractivity contribution in [3.05, 3.63) is 64.4 Å². The Morgan fingerprint density at radius 3 is 2.48 bits per heavy atom. The van der Waals surface area contributed by atoms with Gasteiger partial charge in [-0.3, -0.25) is 9.78 Å². The number of hydrogen-bond donors (Lipinski definition) is 3. The molecule has 2 aromatic rings. The van der Waals surface area contributed by atoms with Gasteiger partial charge in [0, 0.05) is 41.6 Å². The first-order chi connectivity index (χ1) is 14.0. The lowest BCUT2D eigenvalue weighted by atomic mass is 9.86. The zero-order valence-electron chi connectivity index (χ0n) is 16.6. The normalized spacial score (nSPS) is 18.7. The molecule has 6 nitrogen and oxygen atoms in total. The minimum Gasteiger partial charge on any atom is -0.352 e. The van der Waals surface area contributed by atoms with Gasteiger partial charge in [-0.25, -0.2) is 4.79 Å². The average Bonchev–Trinajstić information content (AvgIpc) is 2.72. The molecule has 1 aliphatic carbocycles. The van der Waals surface area contributed by atoms with E-state index in [1.807, 2.05) is 31.2 Å². The monoisotopic (exact) mass is 414 g/mol. The molecule has 1 heterocycles. The van der Waals surface area contributed by atoms with Gasteiger partial charge in [-0.1, -0.05) is 23.7 Å². The maximum Gasteiger partial charge on any atom is 0.315 e. The summed E-state index contributed by atoms with van der Waals surface area (Å²) in [4.78, 5) is 28.5. The van der Waals surface area contributed by atoms with Gasteiger partial charge in [-0.2, -0.15) is 0 Å². The maximum atomic E-state index is 12.2. The third kappa shape index (κ3) is 6.75. The molecule has 7 heteroatoms. The van der Waals surface area contributed by atoms with Gasteiger partial charge in [0.05, 0.1) is 0 Å². The highest BCUT2D eigenvalue weighted by atomic mass is 35.5. The van der Waals surface area contributed by atoms with Gasteiger partial charge in [0.1, 0.15) is 0 Å². The molecule has 1 aromatic heterocycles. The zero-order valence-corrected chi connectivity index (χ0v) is 17.3. The first kappa shape index (κ1) is 21.1. The van der Waals surface area contributed by atoms with Crippen LogP contribution in [0.2, 0.25) is 5.02 Å². The van der Waals surface area contributed by atoms with Crippen molar-refractivity contribution in [1.29, 1.82) is 0 Å². The Bertz CT molecular complexity index is 833. The van der Waals surface area contributed by atoms with Gasteiger partial charge in [0.15, 0.2) is 0 Å². The molecule has 1 saturated carbocycles. The Labute approximate surface area is 176 Å². The van der Waals surface area contributed by atoms with Gasteiger partial charge < -0.3 is 16.0 Å². The summed E-state index contributed by atoms with van der Waals surface area (Å²) in [5, 5.41) is 9.63. The van der Waals surface area contributed by atoms with Crippen LogP contribution >= 0.6 is 11.6 Å². The van der Waals surface area contributed by atoms with Crippen LogP contribution in [0.3, 0.4) is 0 Å². The van der Waals surface area contributed by atoms with Crippen LogP contribution in [-0.2, 0) is 6.54 Å². The van der Waals surface area contributed by atoms with Crippen molar-refractivity contribution in [3.63, 3.8) is 0 Å². The van der Waals surface area contributed by atoms with Gasteiger partial charge in [-0.05, 0) is 68.4 Å². The lowest BCUT2D eigenvalue weighted by Crippen LogP contribution is -2.44. The number of urea groups is 1. The topological polar surface area (TPSA) is 83.1 Å². The third-order valence-corrected chi connectivity index (χ3v) is 5.51. The summed E-state index contributed by atoms with van der Waals surface area (Å²) in [6, 6.07) is 11.0. The van der Waals surface area contributed by atoms with Crippen LogP contribution in [0.15, 0.2) is 42.6 Å². The second-order valence-corrected chi connectivity index (χ2v) is 8.00. The number of aryl methyl sites for hydroxylation is 1. The van der Waals surface area contributed by atoms with E-state index in [0.29, 0.717) is 29.6 Å². The summed E-state index contributed by atoms with van der Waals surface area (Å²) in [7, 11) is 0. The zero-order chi connectivity index (χ0) is 20.6. The van der Waals surface area contributed by atoms with Crippen LogP contribution in [0.25, 0.3) is 0 Å². The van der Waals surface area contributed by atoms with Crippen molar-refractivity contribution in [2.75, 3.05) is 6.54 Å². The molecule has 154 valence electrons. The first-order valence-corrected chi connectivity index (χ1v) is 10.4. The fourth-order valence-corrected chi connectivity index (χ4v) is 3.68. The van der Waals surface area contributed by atoms with E-state index in [2.05, 4.69) is 20.9 Å². The molecular weight excluding hydrogens is 388 g/mol. The fourth-order valence-electron chi connectivity index (χ4n) is 3.56. The second kappa shape index (κ2) is 10.3. The Hall–Kier alpha value is -2.60. The summed E-state index contributed by atoms with van der Waals surface area (Å²) < 4.78 is 0. The molecule has 3 rings (SSSR count). The van der Waals surface area contributed by atoms with Crippen LogP contribution in [0.1, 0.15) is 47.3 Å². The number of benzene rings is 1. The van der Waals surface area contributed by atoms with Crippen LogP contribution in [-0.4, -0.2) is 29.5 Å². The molecule has 1 aliphatic rings. The molecular formula is C22H27ClN4O2. The average molecular weight is 415 g/mol. The van der Waals surface area contributed by atoms with Gasteiger partial charge in [-0.15, -0.1) is 0 Å². The minimum absolute atomic E-state index is 0.0580. The Morgan fingerprint density at radius 2 is 1.79 bits per heavy atom. The highest BCUT2D eigenvalue weighted by Gasteiger charge is 2.23. The molecule has 0 unspecified atom stereocenters. The number of amides is 3. The maximum absolute atomic E-state index is 12.2. The van der Waals surface area contributed by atoms with E-state index >= 15 is 0 Å². The number of carbonyl (C=O) groups excluding carboxylic acids is 2. The summed E-state index contributed by atoms with van der Waals surface area (Å²) in [5.74, 6) is 0.384. The molecule has 0 aliphatic heterocycles. The van der Waals surface area contributed by atoms with E-state index in [-0.39, 0.29) is 18.0 Å². The third-order valence-electron chi connectivity index (χ3n) is 5.26. The van der Waals surface area contributed by atoms with E-state index < -0.39 is 0 Å². The number of carbonyl (C=O) groups is 2. The standard InChI is InChI=1S/C22H27ClN4O2/c1-15-12-18(10-11-24-15)21(28)25-13-17-4-8-20(9-5-17)27-22(29)26-14-16-2-6-19(23)7-3-16/h2-3,6-7,10-12,17,20H,4-5,8-9,13-14H2,1H3,(H,25,28)(H2,26,27,29). The molecule has 0 bridgehead atoms. The fraction of sp³-hybridized carbons (Fsp3) is 0.409. The molecule has 0 spiro atoms. The Balaban J connectivity index is 1.34. The molecule has 29 heavy (non-hydrogen) atoms.